The SMILES string of the molecule is CC(C)CNC(=O)[C@H](C)N(Cc1cccc(Cl)c1)C(=O)COc1ccc(C(C)C)cc1. The van der Waals surface area contributed by atoms with Crippen molar-refractivity contribution >= 4 is 23.4 Å². The van der Waals surface area contributed by atoms with Crippen LogP contribution in [0.25, 0.3) is 0 Å². The van der Waals surface area contributed by atoms with Gasteiger partial charge in [0.05, 0.1) is 0 Å². The number of nitrogens with zero attached hydrogens (tertiary/aromatic N) is 1. The third kappa shape index (κ3) is 7.91. The Labute approximate surface area is 190 Å². The van der Waals surface area contributed by atoms with E-state index in [9.17, 15) is 9.59 Å². The van der Waals surface area contributed by atoms with E-state index in [2.05, 4.69) is 19.2 Å². The molecule has 1 N–H and O–H groups in total. The van der Waals surface area contributed by atoms with Crippen molar-refractivity contribution in [2.45, 2.75) is 53.1 Å². The van der Waals surface area contributed by atoms with Gasteiger partial charge < -0.3 is 15.0 Å². The van der Waals surface area contributed by atoms with Gasteiger partial charge in [0.25, 0.3) is 5.91 Å². The normalized spacial score (nSPS) is 12.0. The molecule has 168 valence electrons. The van der Waals surface area contributed by atoms with E-state index in [4.69, 9.17) is 16.3 Å². The Morgan fingerprint density at radius 1 is 1.03 bits per heavy atom. The highest BCUT2D eigenvalue weighted by Crippen LogP contribution is 2.19. The lowest BCUT2D eigenvalue weighted by Crippen LogP contribution is -2.49. The zero-order chi connectivity index (χ0) is 23.0. The van der Waals surface area contributed by atoms with Crippen LogP contribution in [-0.4, -0.2) is 35.9 Å². The van der Waals surface area contributed by atoms with Gasteiger partial charge in [-0.05, 0) is 54.2 Å². The maximum Gasteiger partial charge on any atom is 0.261 e. The molecule has 0 aliphatic rings. The van der Waals surface area contributed by atoms with Gasteiger partial charge in [-0.3, -0.25) is 9.59 Å². The van der Waals surface area contributed by atoms with Crippen molar-refractivity contribution in [1.29, 1.82) is 0 Å². The van der Waals surface area contributed by atoms with Gasteiger partial charge in [-0.2, -0.15) is 0 Å². The molecule has 0 saturated heterocycles. The van der Waals surface area contributed by atoms with Crippen molar-refractivity contribution in [3.8, 4) is 5.75 Å². The van der Waals surface area contributed by atoms with Crippen molar-refractivity contribution in [1.82, 2.24) is 10.2 Å². The highest BCUT2D eigenvalue weighted by molar-refractivity contribution is 6.30. The summed E-state index contributed by atoms with van der Waals surface area (Å²) in [6.07, 6.45) is 0. The maximum absolute atomic E-state index is 13.1. The topological polar surface area (TPSA) is 58.6 Å². The molecule has 0 aliphatic carbocycles. The Hall–Kier alpha value is -2.53. The lowest BCUT2D eigenvalue weighted by atomic mass is 10.0. The molecule has 0 unspecified atom stereocenters. The molecular formula is C25H33ClN2O3. The molecule has 31 heavy (non-hydrogen) atoms. The minimum absolute atomic E-state index is 0.149. The van der Waals surface area contributed by atoms with Crippen molar-refractivity contribution in [2.24, 2.45) is 5.92 Å². The number of hydrogen-bond acceptors (Lipinski definition) is 3. The molecule has 0 radical (unpaired) electrons. The summed E-state index contributed by atoms with van der Waals surface area (Å²) in [6, 6.07) is 14.4. The molecule has 2 amide bonds. The van der Waals surface area contributed by atoms with Gasteiger partial charge in [0, 0.05) is 18.1 Å². The van der Waals surface area contributed by atoms with E-state index in [1.807, 2.05) is 50.2 Å². The van der Waals surface area contributed by atoms with Gasteiger partial charge in [-0.25, -0.2) is 0 Å². The smallest absolute Gasteiger partial charge is 0.261 e. The summed E-state index contributed by atoms with van der Waals surface area (Å²) in [4.78, 5) is 27.2. The first kappa shape index (κ1) is 24.7. The molecule has 0 aromatic heterocycles. The average molecular weight is 445 g/mol. The van der Waals surface area contributed by atoms with Crippen LogP contribution in [0, 0.1) is 5.92 Å². The number of hydrogen-bond donors (Lipinski definition) is 1. The van der Waals surface area contributed by atoms with Crippen LogP contribution < -0.4 is 10.1 Å². The molecule has 0 spiro atoms. The van der Waals surface area contributed by atoms with Gasteiger partial charge in [-0.15, -0.1) is 0 Å². The van der Waals surface area contributed by atoms with Crippen molar-refractivity contribution in [3.05, 3.63) is 64.7 Å². The van der Waals surface area contributed by atoms with E-state index in [1.54, 1.807) is 19.1 Å². The third-order valence-electron chi connectivity index (χ3n) is 5.00. The molecule has 0 bridgehead atoms. The molecule has 0 saturated carbocycles. The zero-order valence-corrected chi connectivity index (χ0v) is 19.8. The van der Waals surface area contributed by atoms with E-state index in [1.165, 1.54) is 10.5 Å². The highest BCUT2D eigenvalue weighted by atomic mass is 35.5. The predicted molar refractivity (Wildman–Crippen MR) is 125 cm³/mol. The molecule has 0 fully saturated rings. The van der Waals surface area contributed by atoms with Crippen LogP contribution in [0.1, 0.15) is 51.7 Å². The van der Waals surface area contributed by atoms with E-state index in [0.29, 0.717) is 29.2 Å². The fraction of sp³-hybridized carbons (Fsp3) is 0.440. The van der Waals surface area contributed by atoms with Crippen LogP contribution in [0.4, 0.5) is 0 Å². The average Bonchev–Trinajstić information content (AvgIpc) is 2.74. The Bertz CT molecular complexity index is 865. The molecule has 2 aromatic rings. The number of carbonyl (C=O) groups is 2. The molecular weight excluding hydrogens is 412 g/mol. The van der Waals surface area contributed by atoms with Crippen LogP contribution >= 0.6 is 11.6 Å². The first-order chi connectivity index (χ1) is 14.7. The van der Waals surface area contributed by atoms with Crippen molar-refractivity contribution in [2.75, 3.05) is 13.2 Å². The number of benzene rings is 2. The highest BCUT2D eigenvalue weighted by Gasteiger charge is 2.26. The first-order valence-corrected chi connectivity index (χ1v) is 11.1. The summed E-state index contributed by atoms with van der Waals surface area (Å²) in [6.45, 7) is 10.7. The maximum atomic E-state index is 13.1. The fourth-order valence-electron chi connectivity index (χ4n) is 3.04. The standard InChI is InChI=1S/C25H33ClN2O3/c1-17(2)14-27-25(30)19(5)28(15-20-7-6-8-22(26)13-20)24(29)16-31-23-11-9-21(10-12-23)18(3)4/h6-13,17-19H,14-16H2,1-5H3,(H,27,30)/t19-/m0/s1. The van der Waals surface area contributed by atoms with Crippen molar-refractivity contribution < 1.29 is 14.3 Å². The second kappa shape index (κ2) is 11.8. The summed E-state index contributed by atoms with van der Waals surface area (Å²) < 4.78 is 5.72. The van der Waals surface area contributed by atoms with E-state index >= 15 is 0 Å². The Kier molecular flexibility index (Phi) is 9.38. The van der Waals surface area contributed by atoms with Crippen LogP contribution in [0.2, 0.25) is 5.02 Å². The number of rotatable bonds is 10. The summed E-state index contributed by atoms with van der Waals surface area (Å²) in [5.74, 6) is 0.919. The Morgan fingerprint density at radius 2 is 1.71 bits per heavy atom. The largest absolute Gasteiger partial charge is 0.484 e. The number of nitrogens with one attached hydrogen (secondary N) is 1. The second-order valence-electron chi connectivity index (χ2n) is 8.48. The minimum Gasteiger partial charge on any atom is -0.484 e. The summed E-state index contributed by atoms with van der Waals surface area (Å²) >= 11 is 6.10. The lowest BCUT2D eigenvalue weighted by molar-refractivity contribution is -0.142. The van der Waals surface area contributed by atoms with Gasteiger partial charge in [0.2, 0.25) is 5.91 Å². The van der Waals surface area contributed by atoms with Crippen LogP contribution in [0.5, 0.6) is 5.75 Å². The number of carbonyl (C=O) groups excluding carboxylic acids is 2. The van der Waals surface area contributed by atoms with Crippen LogP contribution in [-0.2, 0) is 16.1 Å². The molecule has 0 heterocycles. The number of halogens is 1. The zero-order valence-electron chi connectivity index (χ0n) is 19.0. The summed E-state index contributed by atoms with van der Waals surface area (Å²) in [5, 5.41) is 3.49. The molecule has 2 aromatic carbocycles. The quantitative estimate of drug-likeness (QED) is 0.559. The molecule has 1 atom stereocenters. The van der Waals surface area contributed by atoms with Crippen LogP contribution in [0.3, 0.4) is 0 Å². The Balaban J connectivity index is 2.11. The molecule has 2 rings (SSSR count). The van der Waals surface area contributed by atoms with Crippen molar-refractivity contribution in [3.63, 3.8) is 0 Å². The molecule has 0 aliphatic heterocycles. The van der Waals surface area contributed by atoms with E-state index in [0.717, 1.165) is 5.56 Å². The second-order valence-corrected chi connectivity index (χ2v) is 8.92. The first-order valence-electron chi connectivity index (χ1n) is 10.7. The van der Waals surface area contributed by atoms with Gasteiger partial charge in [0.15, 0.2) is 6.61 Å². The molecule has 6 heteroatoms. The minimum atomic E-state index is -0.642. The Morgan fingerprint density at radius 3 is 2.29 bits per heavy atom. The lowest BCUT2D eigenvalue weighted by Gasteiger charge is -2.29. The van der Waals surface area contributed by atoms with Gasteiger partial charge in [-0.1, -0.05) is 63.6 Å². The van der Waals surface area contributed by atoms with Gasteiger partial charge >= 0.3 is 0 Å². The predicted octanol–water partition coefficient (Wildman–Crippen LogP) is 5.03. The van der Waals surface area contributed by atoms with E-state index in [-0.39, 0.29) is 25.0 Å². The monoisotopic (exact) mass is 444 g/mol. The number of amides is 2. The fourth-order valence-corrected chi connectivity index (χ4v) is 3.26. The van der Waals surface area contributed by atoms with Crippen LogP contribution in [0.15, 0.2) is 48.5 Å². The van der Waals surface area contributed by atoms with Gasteiger partial charge in [0.1, 0.15) is 11.8 Å². The molecule has 5 nitrogen and oxygen atoms in total. The van der Waals surface area contributed by atoms with E-state index < -0.39 is 6.04 Å². The number of ether oxygens (including phenoxy) is 1. The summed E-state index contributed by atoms with van der Waals surface area (Å²) in [7, 11) is 0. The third-order valence-corrected chi connectivity index (χ3v) is 5.24. The summed E-state index contributed by atoms with van der Waals surface area (Å²) in [5.41, 5.74) is 2.06.